The van der Waals surface area contributed by atoms with Gasteiger partial charge in [0.15, 0.2) is 0 Å². The van der Waals surface area contributed by atoms with E-state index in [0.717, 1.165) is 0 Å². The summed E-state index contributed by atoms with van der Waals surface area (Å²) in [5, 5.41) is 0. The van der Waals surface area contributed by atoms with Crippen LogP contribution in [0.25, 0.3) is 0 Å². The van der Waals surface area contributed by atoms with Crippen molar-refractivity contribution >= 4 is 51.9 Å². The number of hydrogen-bond donors (Lipinski definition) is 0. The van der Waals surface area contributed by atoms with Gasteiger partial charge in [-0.2, -0.15) is 8.61 Å². The number of nitrogens with zero attached hydrogens (tertiary/aromatic N) is 2. The van der Waals surface area contributed by atoms with Crippen molar-refractivity contribution < 1.29 is 16.8 Å². The number of sulfonamides is 2. The van der Waals surface area contributed by atoms with Crippen molar-refractivity contribution in [1.82, 2.24) is 8.61 Å². The van der Waals surface area contributed by atoms with E-state index in [2.05, 4.69) is 31.9 Å². The zero-order valence-corrected chi connectivity index (χ0v) is 19.8. The minimum Gasteiger partial charge on any atom is -0.207 e. The fourth-order valence-electron chi connectivity index (χ4n) is 3.10. The molecule has 0 radical (unpaired) electrons. The first kappa shape index (κ1) is 21.9. The second-order valence-electron chi connectivity index (χ2n) is 6.43. The molecular formula is C18H20Br2N2O4S2. The van der Waals surface area contributed by atoms with Crippen LogP contribution in [0.2, 0.25) is 0 Å². The van der Waals surface area contributed by atoms with E-state index in [0.29, 0.717) is 21.8 Å². The second-order valence-corrected chi connectivity index (χ2v) is 12.1. The van der Waals surface area contributed by atoms with E-state index in [1.54, 1.807) is 48.5 Å². The molecule has 1 saturated heterocycles. The SMILES string of the molecule is O=S(=O)(c1cccc(Br)c1)N1CCCN(S(=O)(=O)c2cccc(Br)c2)CCC1. The smallest absolute Gasteiger partial charge is 0.207 e. The summed E-state index contributed by atoms with van der Waals surface area (Å²) in [7, 11) is -7.21. The van der Waals surface area contributed by atoms with E-state index in [1.807, 2.05) is 0 Å². The number of benzene rings is 2. The van der Waals surface area contributed by atoms with Gasteiger partial charge in [-0.15, -0.1) is 0 Å². The van der Waals surface area contributed by atoms with Gasteiger partial charge in [0.05, 0.1) is 9.79 Å². The van der Waals surface area contributed by atoms with Crippen LogP contribution in [0.15, 0.2) is 67.3 Å². The van der Waals surface area contributed by atoms with Crippen LogP contribution in [0.1, 0.15) is 12.8 Å². The molecule has 3 rings (SSSR count). The minimum atomic E-state index is -3.61. The monoisotopic (exact) mass is 550 g/mol. The molecule has 28 heavy (non-hydrogen) atoms. The first-order chi connectivity index (χ1) is 13.2. The molecule has 1 fully saturated rings. The van der Waals surface area contributed by atoms with Gasteiger partial charge in [0.1, 0.15) is 0 Å². The van der Waals surface area contributed by atoms with E-state index in [-0.39, 0.29) is 36.0 Å². The molecular weight excluding hydrogens is 532 g/mol. The third-order valence-corrected chi connectivity index (χ3v) is 9.27. The molecule has 0 saturated carbocycles. The average molecular weight is 552 g/mol. The maximum absolute atomic E-state index is 12.9. The van der Waals surface area contributed by atoms with Crippen LogP contribution < -0.4 is 0 Å². The van der Waals surface area contributed by atoms with Crippen LogP contribution >= 0.6 is 31.9 Å². The summed E-state index contributed by atoms with van der Waals surface area (Å²) in [5.74, 6) is 0. The maximum atomic E-state index is 12.9. The van der Waals surface area contributed by atoms with Gasteiger partial charge >= 0.3 is 0 Å². The summed E-state index contributed by atoms with van der Waals surface area (Å²) in [5.41, 5.74) is 0. The van der Waals surface area contributed by atoms with Crippen molar-refractivity contribution in [3.05, 3.63) is 57.5 Å². The first-order valence-electron chi connectivity index (χ1n) is 8.73. The largest absolute Gasteiger partial charge is 0.243 e. The van der Waals surface area contributed by atoms with Crippen molar-refractivity contribution in [2.24, 2.45) is 0 Å². The Labute approximate surface area is 182 Å². The average Bonchev–Trinajstić information content (AvgIpc) is 2.61. The van der Waals surface area contributed by atoms with Crippen LogP contribution in [0, 0.1) is 0 Å². The maximum Gasteiger partial charge on any atom is 0.243 e. The Morgan fingerprint density at radius 3 is 1.32 bits per heavy atom. The van der Waals surface area contributed by atoms with Crippen molar-refractivity contribution in [1.29, 1.82) is 0 Å². The lowest BCUT2D eigenvalue weighted by atomic mass is 10.3. The van der Waals surface area contributed by atoms with Crippen molar-refractivity contribution in [3.8, 4) is 0 Å². The predicted octanol–water partition coefficient (Wildman–Crippen LogP) is 3.69. The van der Waals surface area contributed by atoms with Crippen LogP contribution in [-0.4, -0.2) is 51.6 Å². The summed E-state index contributed by atoms with van der Waals surface area (Å²) < 4.78 is 55.9. The van der Waals surface area contributed by atoms with Gasteiger partial charge in [0.2, 0.25) is 20.0 Å². The van der Waals surface area contributed by atoms with Gasteiger partial charge in [-0.1, -0.05) is 44.0 Å². The van der Waals surface area contributed by atoms with Gasteiger partial charge in [0.25, 0.3) is 0 Å². The lowest BCUT2D eigenvalue weighted by molar-refractivity contribution is 0.309. The molecule has 6 nitrogen and oxygen atoms in total. The summed E-state index contributed by atoms with van der Waals surface area (Å²) in [6.45, 7) is 1.11. The molecule has 0 aliphatic carbocycles. The summed E-state index contributed by atoms with van der Waals surface area (Å²) in [4.78, 5) is 0.474. The lowest BCUT2D eigenvalue weighted by Gasteiger charge is -2.29. The molecule has 2 aromatic rings. The summed E-state index contributed by atoms with van der Waals surface area (Å²) >= 11 is 6.61. The number of hydrogen-bond acceptors (Lipinski definition) is 4. The normalized spacial score (nSPS) is 17.8. The first-order valence-corrected chi connectivity index (χ1v) is 13.2. The van der Waals surface area contributed by atoms with E-state index in [9.17, 15) is 16.8 Å². The highest BCUT2D eigenvalue weighted by Crippen LogP contribution is 2.24. The van der Waals surface area contributed by atoms with Crippen LogP contribution in [0.5, 0.6) is 0 Å². The van der Waals surface area contributed by atoms with Gasteiger partial charge in [0, 0.05) is 35.1 Å². The third-order valence-electron chi connectivity index (χ3n) is 4.50. The molecule has 0 spiro atoms. The van der Waals surface area contributed by atoms with Crippen LogP contribution in [0.3, 0.4) is 0 Å². The molecule has 0 atom stereocenters. The number of halogens is 2. The Morgan fingerprint density at radius 1 is 0.643 bits per heavy atom. The van der Waals surface area contributed by atoms with Gasteiger partial charge < -0.3 is 0 Å². The molecule has 0 bridgehead atoms. The fraction of sp³-hybridized carbons (Fsp3) is 0.333. The van der Waals surface area contributed by atoms with Crippen LogP contribution in [0.4, 0.5) is 0 Å². The zero-order valence-electron chi connectivity index (χ0n) is 15.0. The van der Waals surface area contributed by atoms with E-state index < -0.39 is 20.0 Å². The Bertz CT molecular complexity index is 965. The van der Waals surface area contributed by atoms with E-state index >= 15 is 0 Å². The quantitative estimate of drug-likeness (QED) is 0.581. The molecule has 0 N–H and O–H groups in total. The van der Waals surface area contributed by atoms with Crippen molar-refractivity contribution in [2.45, 2.75) is 22.6 Å². The highest BCUT2D eigenvalue weighted by molar-refractivity contribution is 9.10. The molecule has 1 aliphatic rings. The van der Waals surface area contributed by atoms with Crippen molar-refractivity contribution in [3.63, 3.8) is 0 Å². The van der Waals surface area contributed by atoms with E-state index in [1.165, 1.54) is 8.61 Å². The standard InChI is InChI=1S/C18H20Br2N2O4S2/c19-15-5-1-7-17(13-15)27(23,24)21-9-3-11-22(12-4-10-21)28(25,26)18-8-2-6-16(20)14-18/h1-2,5-8,13-14H,3-4,9-12H2. The Kier molecular flexibility index (Phi) is 6.99. The molecule has 10 heteroatoms. The van der Waals surface area contributed by atoms with Crippen molar-refractivity contribution in [2.75, 3.05) is 26.2 Å². The molecule has 0 aromatic heterocycles. The van der Waals surface area contributed by atoms with Crippen LogP contribution in [-0.2, 0) is 20.0 Å². The zero-order chi connectivity index (χ0) is 20.4. The Hall–Kier alpha value is -0.780. The number of rotatable bonds is 4. The highest BCUT2D eigenvalue weighted by Gasteiger charge is 2.30. The highest BCUT2D eigenvalue weighted by atomic mass is 79.9. The molecule has 152 valence electrons. The van der Waals surface area contributed by atoms with Gasteiger partial charge in [-0.3, -0.25) is 0 Å². The molecule has 2 aromatic carbocycles. The van der Waals surface area contributed by atoms with E-state index in [4.69, 9.17) is 0 Å². The Morgan fingerprint density at radius 2 is 1.00 bits per heavy atom. The fourth-order valence-corrected chi connectivity index (χ4v) is 7.33. The molecule has 1 heterocycles. The van der Waals surface area contributed by atoms with Gasteiger partial charge in [-0.05, 0) is 49.2 Å². The topological polar surface area (TPSA) is 74.8 Å². The molecule has 0 amide bonds. The summed E-state index contributed by atoms with van der Waals surface area (Å²) in [6.07, 6.45) is 0.862. The predicted molar refractivity (Wildman–Crippen MR) is 115 cm³/mol. The molecule has 1 aliphatic heterocycles. The summed E-state index contributed by atoms with van der Waals surface area (Å²) in [6, 6.07) is 13.2. The van der Waals surface area contributed by atoms with Gasteiger partial charge in [-0.25, -0.2) is 16.8 Å². The molecule has 0 unspecified atom stereocenters. The Balaban J connectivity index is 1.74. The minimum absolute atomic E-state index is 0.237. The lowest BCUT2D eigenvalue weighted by Crippen LogP contribution is -2.41. The third kappa shape index (κ3) is 4.85. The second kappa shape index (κ2) is 8.93.